The molecule has 3 aromatic heterocycles. The van der Waals surface area contributed by atoms with Crippen LogP contribution in [0.1, 0.15) is 37.0 Å². The van der Waals surface area contributed by atoms with Crippen LogP contribution in [0.15, 0.2) is 61.1 Å². The summed E-state index contributed by atoms with van der Waals surface area (Å²) in [7, 11) is -1.58. The van der Waals surface area contributed by atoms with Crippen LogP contribution >= 0.6 is 0 Å². The van der Waals surface area contributed by atoms with Gasteiger partial charge in [-0.2, -0.15) is 0 Å². The molecule has 0 radical (unpaired) electrons. The summed E-state index contributed by atoms with van der Waals surface area (Å²) in [5.74, 6) is 0.972. The number of ether oxygens (including phenoxy) is 2. The second kappa shape index (κ2) is 11.0. The number of H-pyrrole nitrogens is 1. The highest BCUT2D eigenvalue weighted by atomic mass is 28.3. The lowest BCUT2D eigenvalue weighted by Gasteiger charge is -2.38. The molecule has 0 aliphatic rings. The minimum Gasteiger partial charge on any atom is -0.497 e. The average molecular weight is 601 g/mol. The number of benzene rings is 2. The van der Waals surface area contributed by atoms with E-state index >= 15 is 0 Å². The fourth-order valence-corrected chi connectivity index (χ4v) is 7.91. The van der Waals surface area contributed by atoms with Crippen molar-refractivity contribution in [3.05, 3.63) is 72.4 Å². The molecule has 0 aliphatic carbocycles. The minimum atomic E-state index is -1.95. The lowest BCUT2D eigenvalue weighted by Crippen LogP contribution is -2.44. The van der Waals surface area contributed by atoms with Gasteiger partial charge in [-0.05, 0) is 29.3 Å². The summed E-state index contributed by atoms with van der Waals surface area (Å²) in [6.45, 7) is 19.8. The van der Waals surface area contributed by atoms with E-state index in [1.807, 2.05) is 29.0 Å². The number of hydrogen-bond acceptors (Lipinski definition) is 4. The first-order chi connectivity index (χ1) is 19.7. The normalized spacial score (nSPS) is 12.9. The van der Waals surface area contributed by atoms with Gasteiger partial charge in [-0.1, -0.05) is 71.7 Å². The van der Waals surface area contributed by atoms with Gasteiger partial charge in [0.25, 0.3) is 0 Å². The molecule has 0 bridgehead atoms. The number of imidazole rings is 1. The van der Waals surface area contributed by atoms with Crippen LogP contribution in [-0.4, -0.2) is 54.6 Å². The van der Waals surface area contributed by atoms with Crippen LogP contribution in [0.25, 0.3) is 33.1 Å². The zero-order valence-electron chi connectivity index (χ0n) is 26.5. The number of rotatable bonds is 10. The fourth-order valence-electron chi connectivity index (χ4n) is 5.19. The van der Waals surface area contributed by atoms with Crippen molar-refractivity contribution in [2.45, 2.75) is 71.3 Å². The van der Waals surface area contributed by atoms with Gasteiger partial charge in [-0.25, -0.2) is 4.98 Å². The molecule has 222 valence electrons. The average Bonchev–Trinajstić information content (AvgIpc) is 3.64. The molecule has 1 N–H and O–H groups in total. The van der Waals surface area contributed by atoms with Crippen molar-refractivity contribution in [3.8, 4) is 17.0 Å². The fraction of sp³-hybridized carbons (Fsp3) is 0.394. The van der Waals surface area contributed by atoms with Gasteiger partial charge in [-0.3, -0.25) is 9.36 Å². The van der Waals surface area contributed by atoms with Gasteiger partial charge in [0, 0.05) is 60.5 Å². The van der Waals surface area contributed by atoms with Crippen LogP contribution in [-0.2, 0) is 11.5 Å². The molecule has 0 amide bonds. The highest BCUT2D eigenvalue weighted by molar-refractivity contribution is 6.79. The smallest absolute Gasteiger partial charge is 0.230 e. The Labute approximate surface area is 251 Å². The van der Waals surface area contributed by atoms with E-state index in [4.69, 9.17) is 14.5 Å². The molecular weight excluding hydrogens is 557 g/mol. The van der Waals surface area contributed by atoms with Gasteiger partial charge in [0.1, 0.15) is 12.5 Å². The Morgan fingerprint density at radius 3 is 2.45 bits per heavy atom. The molecule has 7 nitrogen and oxygen atoms in total. The number of fused-ring (bicyclic) bond motifs is 2. The standard InChI is InChI=1S/C33H44N4O3Si2/c1-33(2,3)42(8,9)37-21-27(25-12-10-11-13-29(25)37)30-20-35-32(36(30)22-40-16-17-41(5,6)7)31(38)26-19-34-28-18-23(39-4)14-15-24(26)28/h10-15,18-21,34H,16-17,22H2,1-9H3. The SMILES string of the molecule is COc1ccc2c(C(=O)c3ncc(-c4cn([Si](C)(C)C(C)(C)C)c5ccccc45)n3COCC[Si](C)(C)C)c[nH]c2c1. The van der Waals surface area contributed by atoms with E-state index in [0.717, 1.165) is 39.3 Å². The second-order valence-corrected chi connectivity index (χ2v) is 24.6. The van der Waals surface area contributed by atoms with Crippen LogP contribution in [0.4, 0.5) is 0 Å². The van der Waals surface area contributed by atoms with Crippen molar-refractivity contribution in [3.63, 3.8) is 0 Å². The Morgan fingerprint density at radius 2 is 1.76 bits per heavy atom. The maximum Gasteiger partial charge on any atom is 0.230 e. The van der Waals surface area contributed by atoms with Gasteiger partial charge >= 0.3 is 0 Å². The van der Waals surface area contributed by atoms with E-state index in [1.54, 1.807) is 13.3 Å². The minimum absolute atomic E-state index is 0.139. The number of carbonyl (C=O) groups excluding carboxylic acids is 1. The van der Waals surface area contributed by atoms with Gasteiger partial charge in [0.15, 0.2) is 14.1 Å². The van der Waals surface area contributed by atoms with E-state index < -0.39 is 16.3 Å². The largest absolute Gasteiger partial charge is 0.497 e. The maximum absolute atomic E-state index is 14.1. The maximum atomic E-state index is 14.1. The molecule has 0 saturated carbocycles. The zero-order valence-corrected chi connectivity index (χ0v) is 28.5. The van der Waals surface area contributed by atoms with E-state index in [1.165, 1.54) is 5.52 Å². The van der Waals surface area contributed by atoms with Crippen LogP contribution in [0.2, 0.25) is 43.8 Å². The molecule has 5 aromatic rings. The van der Waals surface area contributed by atoms with Crippen molar-refractivity contribution in [1.82, 2.24) is 18.8 Å². The quantitative estimate of drug-likeness (QED) is 0.0992. The Bertz CT molecular complexity index is 1750. The first kappa shape index (κ1) is 30.1. The Balaban J connectivity index is 1.64. The zero-order chi connectivity index (χ0) is 30.4. The molecule has 0 fully saturated rings. The van der Waals surface area contributed by atoms with Crippen molar-refractivity contribution in [2.24, 2.45) is 0 Å². The highest BCUT2D eigenvalue weighted by Crippen LogP contribution is 2.42. The number of aromatic nitrogens is 4. The second-order valence-electron chi connectivity index (χ2n) is 13.9. The summed E-state index contributed by atoms with van der Waals surface area (Å²) in [5.41, 5.74) is 4.60. The third-order valence-electron chi connectivity index (χ3n) is 8.83. The number of methoxy groups -OCH3 is 1. The van der Waals surface area contributed by atoms with Gasteiger partial charge < -0.3 is 18.7 Å². The number of nitrogens with one attached hydrogen (secondary N) is 1. The van der Waals surface area contributed by atoms with E-state index in [-0.39, 0.29) is 17.6 Å². The summed E-state index contributed by atoms with van der Waals surface area (Å²) in [6.07, 6.45) is 5.88. The number of nitrogens with zero attached hydrogens (tertiary/aromatic N) is 3. The van der Waals surface area contributed by atoms with Gasteiger partial charge in [-0.15, -0.1) is 0 Å². The summed E-state index contributed by atoms with van der Waals surface area (Å²) < 4.78 is 16.1. The Morgan fingerprint density at radius 1 is 1.02 bits per heavy atom. The van der Waals surface area contributed by atoms with Crippen LogP contribution in [0.3, 0.4) is 0 Å². The molecule has 0 aliphatic heterocycles. The highest BCUT2D eigenvalue weighted by Gasteiger charge is 2.39. The van der Waals surface area contributed by atoms with E-state index in [0.29, 0.717) is 18.0 Å². The van der Waals surface area contributed by atoms with E-state index in [9.17, 15) is 4.79 Å². The monoisotopic (exact) mass is 600 g/mol. The Kier molecular flexibility index (Phi) is 7.89. The van der Waals surface area contributed by atoms with Crippen molar-refractivity contribution >= 4 is 43.9 Å². The third kappa shape index (κ3) is 5.53. The molecule has 0 unspecified atom stereocenters. The Hall–Kier alpha value is -3.41. The number of carbonyl (C=O) groups is 1. The van der Waals surface area contributed by atoms with E-state index in [2.05, 4.69) is 93.2 Å². The molecule has 3 heterocycles. The third-order valence-corrected chi connectivity index (χ3v) is 15.8. The van der Waals surface area contributed by atoms with Crippen LogP contribution in [0, 0.1) is 0 Å². The van der Waals surface area contributed by atoms with Crippen LogP contribution < -0.4 is 4.74 Å². The molecule has 0 atom stereocenters. The predicted octanol–water partition coefficient (Wildman–Crippen LogP) is 8.39. The lowest BCUT2D eigenvalue weighted by atomic mass is 10.1. The molecule has 42 heavy (non-hydrogen) atoms. The van der Waals surface area contributed by atoms with Crippen molar-refractivity contribution < 1.29 is 14.3 Å². The summed E-state index contributed by atoms with van der Waals surface area (Å²) in [6, 6.07) is 15.3. The molecule has 9 heteroatoms. The van der Waals surface area contributed by atoms with Gasteiger partial charge in [0.2, 0.25) is 5.78 Å². The molecule has 5 rings (SSSR count). The van der Waals surface area contributed by atoms with Gasteiger partial charge in [0.05, 0.1) is 24.6 Å². The number of aromatic amines is 1. The number of hydrogen-bond donors (Lipinski definition) is 1. The molecule has 0 spiro atoms. The van der Waals surface area contributed by atoms with Crippen molar-refractivity contribution in [1.29, 1.82) is 0 Å². The number of ketones is 1. The topological polar surface area (TPSA) is 74.1 Å². The molecule has 0 saturated heterocycles. The summed E-state index contributed by atoms with van der Waals surface area (Å²) >= 11 is 0. The van der Waals surface area contributed by atoms with Crippen molar-refractivity contribution in [2.75, 3.05) is 13.7 Å². The summed E-state index contributed by atoms with van der Waals surface area (Å²) in [5, 5.41) is 2.14. The lowest BCUT2D eigenvalue weighted by molar-refractivity contribution is 0.0821. The first-order valence-electron chi connectivity index (χ1n) is 14.7. The predicted molar refractivity (Wildman–Crippen MR) is 178 cm³/mol. The summed E-state index contributed by atoms with van der Waals surface area (Å²) in [4.78, 5) is 22.1. The number of para-hydroxylation sites is 1. The first-order valence-corrected chi connectivity index (χ1v) is 21.3. The van der Waals surface area contributed by atoms with Crippen LogP contribution in [0.5, 0.6) is 5.75 Å². The molecule has 2 aromatic carbocycles. The molecular formula is C33H44N4O3Si2.